The zero-order valence-corrected chi connectivity index (χ0v) is 16.9. The molecule has 6 rings (SSSR count). The van der Waals surface area contributed by atoms with Crippen LogP contribution in [0.3, 0.4) is 0 Å². The second-order valence-electron chi connectivity index (χ2n) is 8.72. The molecule has 150 valence electrons. The lowest BCUT2D eigenvalue weighted by Crippen LogP contribution is -2.26. The maximum absolute atomic E-state index is 4.94. The van der Waals surface area contributed by atoms with Gasteiger partial charge in [0, 0.05) is 11.6 Å². The first-order chi connectivity index (χ1) is 14.8. The molecule has 2 fully saturated rings. The Morgan fingerprint density at radius 2 is 1.70 bits per heavy atom. The number of hydrogen-bond acceptors (Lipinski definition) is 4. The maximum atomic E-state index is 4.94. The molecule has 2 saturated carbocycles. The second-order valence-corrected chi connectivity index (χ2v) is 8.72. The highest BCUT2D eigenvalue weighted by atomic mass is 15.2. The van der Waals surface area contributed by atoms with Crippen LogP contribution in [0, 0.1) is 11.8 Å². The SMILES string of the molecule is c1ccc(Cn2cnc3c(NC4CC5CCC4C5)nc(-c4ccccc4)nc32)cc1. The summed E-state index contributed by atoms with van der Waals surface area (Å²) in [5, 5.41) is 3.78. The van der Waals surface area contributed by atoms with Gasteiger partial charge in [-0.1, -0.05) is 67.1 Å². The fourth-order valence-corrected chi connectivity index (χ4v) is 5.25. The largest absolute Gasteiger partial charge is 0.365 e. The van der Waals surface area contributed by atoms with Crippen LogP contribution in [-0.4, -0.2) is 25.6 Å². The van der Waals surface area contributed by atoms with Crippen LogP contribution in [-0.2, 0) is 6.54 Å². The van der Waals surface area contributed by atoms with Crippen LogP contribution >= 0.6 is 0 Å². The van der Waals surface area contributed by atoms with E-state index < -0.39 is 0 Å². The van der Waals surface area contributed by atoms with E-state index in [4.69, 9.17) is 15.0 Å². The molecule has 1 N–H and O–H groups in total. The van der Waals surface area contributed by atoms with Crippen LogP contribution < -0.4 is 5.32 Å². The monoisotopic (exact) mass is 395 g/mol. The van der Waals surface area contributed by atoms with Gasteiger partial charge in [-0.05, 0) is 36.7 Å². The van der Waals surface area contributed by atoms with E-state index in [2.05, 4.69) is 46.3 Å². The minimum Gasteiger partial charge on any atom is -0.365 e. The third-order valence-electron chi connectivity index (χ3n) is 6.75. The summed E-state index contributed by atoms with van der Waals surface area (Å²) in [4.78, 5) is 14.6. The summed E-state index contributed by atoms with van der Waals surface area (Å²) in [6.07, 6.45) is 7.24. The molecular formula is C25H25N5. The molecule has 0 spiro atoms. The molecule has 30 heavy (non-hydrogen) atoms. The van der Waals surface area contributed by atoms with Gasteiger partial charge < -0.3 is 9.88 Å². The highest BCUT2D eigenvalue weighted by Gasteiger charge is 2.40. The van der Waals surface area contributed by atoms with Crippen molar-refractivity contribution in [2.45, 2.75) is 38.3 Å². The Labute approximate surface area is 176 Å². The minimum atomic E-state index is 0.504. The first kappa shape index (κ1) is 17.6. The number of aromatic nitrogens is 4. The average Bonchev–Trinajstić information content (AvgIpc) is 3.52. The fourth-order valence-electron chi connectivity index (χ4n) is 5.25. The molecule has 0 aliphatic heterocycles. The van der Waals surface area contributed by atoms with Crippen molar-refractivity contribution in [2.75, 3.05) is 5.32 Å². The van der Waals surface area contributed by atoms with E-state index in [0.717, 1.165) is 46.8 Å². The lowest BCUT2D eigenvalue weighted by Gasteiger charge is -2.23. The van der Waals surface area contributed by atoms with E-state index in [9.17, 15) is 0 Å². The van der Waals surface area contributed by atoms with Gasteiger partial charge in [-0.3, -0.25) is 0 Å². The highest BCUT2D eigenvalue weighted by molar-refractivity contribution is 5.85. The quantitative estimate of drug-likeness (QED) is 0.508. The Morgan fingerprint density at radius 1 is 0.900 bits per heavy atom. The minimum absolute atomic E-state index is 0.504. The van der Waals surface area contributed by atoms with Gasteiger partial charge in [0.05, 0.1) is 12.9 Å². The summed E-state index contributed by atoms with van der Waals surface area (Å²) in [5.41, 5.74) is 4.02. The van der Waals surface area contributed by atoms with Crippen LogP contribution in [0.1, 0.15) is 31.2 Å². The summed E-state index contributed by atoms with van der Waals surface area (Å²) in [5.74, 6) is 3.28. The maximum Gasteiger partial charge on any atom is 0.166 e. The lowest BCUT2D eigenvalue weighted by atomic mass is 9.95. The van der Waals surface area contributed by atoms with Crippen LogP contribution in [0.15, 0.2) is 67.0 Å². The van der Waals surface area contributed by atoms with Crippen molar-refractivity contribution in [2.24, 2.45) is 11.8 Å². The van der Waals surface area contributed by atoms with Crippen molar-refractivity contribution < 1.29 is 0 Å². The molecule has 4 aromatic rings. The molecule has 3 atom stereocenters. The Kier molecular flexibility index (Phi) is 4.25. The number of imidazole rings is 1. The van der Waals surface area contributed by atoms with Gasteiger partial charge in [-0.2, -0.15) is 0 Å². The van der Waals surface area contributed by atoms with Crippen molar-refractivity contribution in [3.63, 3.8) is 0 Å². The van der Waals surface area contributed by atoms with E-state index >= 15 is 0 Å². The molecule has 2 aliphatic carbocycles. The average molecular weight is 396 g/mol. The van der Waals surface area contributed by atoms with Gasteiger partial charge in [-0.25, -0.2) is 15.0 Å². The highest BCUT2D eigenvalue weighted by Crippen LogP contribution is 2.45. The van der Waals surface area contributed by atoms with Gasteiger partial charge in [0.25, 0.3) is 0 Å². The predicted octanol–water partition coefficient (Wildman–Crippen LogP) is 5.14. The molecule has 0 saturated heterocycles. The Bertz CT molecular complexity index is 1170. The molecular weight excluding hydrogens is 370 g/mol. The van der Waals surface area contributed by atoms with Gasteiger partial charge in [0.15, 0.2) is 17.3 Å². The smallest absolute Gasteiger partial charge is 0.166 e. The normalized spacial score (nSPS) is 22.6. The number of anilines is 1. The molecule has 0 radical (unpaired) electrons. The number of fused-ring (bicyclic) bond motifs is 3. The second kappa shape index (κ2) is 7.24. The van der Waals surface area contributed by atoms with E-state index in [1.54, 1.807) is 0 Å². The van der Waals surface area contributed by atoms with Crippen molar-refractivity contribution >= 4 is 17.0 Å². The van der Waals surface area contributed by atoms with Crippen LogP contribution in [0.2, 0.25) is 0 Å². The van der Waals surface area contributed by atoms with E-state index in [-0.39, 0.29) is 0 Å². The molecule has 2 aliphatic rings. The third-order valence-corrected chi connectivity index (χ3v) is 6.75. The van der Waals surface area contributed by atoms with E-state index in [0.29, 0.717) is 6.04 Å². The Morgan fingerprint density at radius 3 is 2.43 bits per heavy atom. The lowest BCUT2D eigenvalue weighted by molar-refractivity contribution is 0.439. The van der Waals surface area contributed by atoms with Gasteiger partial charge >= 0.3 is 0 Å². The van der Waals surface area contributed by atoms with Crippen LogP contribution in [0.25, 0.3) is 22.6 Å². The molecule has 0 amide bonds. The molecule has 2 aromatic heterocycles. The summed E-state index contributed by atoms with van der Waals surface area (Å²) in [6, 6.07) is 21.2. The number of benzene rings is 2. The van der Waals surface area contributed by atoms with Gasteiger partial charge in [-0.15, -0.1) is 0 Å². The van der Waals surface area contributed by atoms with E-state index in [1.807, 2.05) is 30.6 Å². The molecule has 2 bridgehead atoms. The summed E-state index contributed by atoms with van der Waals surface area (Å²) < 4.78 is 2.13. The predicted molar refractivity (Wildman–Crippen MR) is 119 cm³/mol. The Hall–Kier alpha value is -3.21. The third kappa shape index (κ3) is 3.15. The first-order valence-electron chi connectivity index (χ1n) is 10.9. The summed E-state index contributed by atoms with van der Waals surface area (Å²) in [7, 11) is 0. The van der Waals surface area contributed by atoms with Gasteiger partial charge in [0.2, 0.25) is 0 Å². The number of nitrogens with one attached hydrogen (secondary N) is 1. The first-order valence-corrected chi connectivity index (χ1v) is 10.9. The topological polar surface area (TPSA) is 55.6 Å². The fraction of sp³-hybridized carbons (Fsp3) is 0.320. The molecule has 5 nitrogen and oxygen atoms in total. The number of rotatable bonds is 5. The summed E-state index contributed by atoms with van der Waals surface area (Å²) >= 11 is 0. The Balaban J connectivity index is 1.43. The van der Waals surface area contributed by atoms with Crippen molar-refractivity contribution in [1.29, 1.82) is 0 Å². The zero-order valence-electron chi connectivity index (χ0n) is 16.9. The van der Waals surface area contributed by atoms with Crippen LogP contribution in [0.5, 0.6) is 0 Å². The molecule has 3 unspecified atom stereocenters. The molecule has 5 heteroatoms. The van der Waals surface area contributed by atoms with Gasteiger partial charge in [0.1, 0.15) is 5.52 Å². The molecule has 2 heterocycles. The van der Waals surface area contributed by atoms with Crippen LogP contribution in [0.4, 0.5) is 5.82 Å². The van der Waals surface area contributed by atoms with Crippen molar-refractivity contribution in [3.8, 4) is 11.4 Å². The molecule has 2 aromatic carbocycles. The van der Waals surface area contributed by atoms with Crippen molar-refractivity contribution in [1.82, 2.24) is 19.5 Å². The zero-order chi connectivity index (χ0) is 19.9. The summed E-state index contributed by atoms with van der Waals surface area (Å²) in [6.45, 7) is 0.746. The number of hydrogen-bond donors (Lipinski definition) is 1. The van der Waals surface area contributed by atoms with Crippen molar-refractivity contribution in [3.05, 3.63) is 72.6 Å². The standard InChI is InChI=1S/C25H25N5/c1-3-7-17(8-4-1)15-30-16-26-22-24(27-21-14-18-11-12-20(21)13-18)28-23(29-25(22)30)19-9-5-2-6-10-19/h1-10,16,18,20-21H,11-15H2,(H,27,28,29). The van der Waals surface area contributed by atoms with E-state index in [1.165, 1.54) is 31.2 Å². The number of nitrogens with zero attached hydrogens (tertiary/aromatic N) is 4.